The first kappa shape index (κ1) is 18.0. The fourth-order valence-corrected chi connectivity index (χ4v) is 2.74. The Morgan fingerprint density at radius 2 is 1.58 bits per heavy atom. The van der Waals surface area contributed by atoms with Gasteiger partial charge in [0.2, 0.25) is 5.91 Å². The van der Waals surface area contributed by atoms with E-state index >= 15 is 0 Å². The van der Waals surface area contributed by atoms with Crippen molar-refractivity contribution in [3.8, 4) is 0 Å². The van der Waals surface area contributed by atoms with Crippen molar-refractivity contribution in [3.63, 3.8) is 0 Å². The van der Waals surface area contributed by atoms with E-state index in [1.807, 2.05) is 67.6 Å². The van der Waals surface area contributed by atoms with Gasteiger partial charge in [-0.3, -0.25) is 4.79 Å². The Kier molecular flexibility index (Phi) is 6.33. The molecule has 0 heterocycles. The highest BCUT2D eigenvalue weighted by Crippen LogP contribution is 2.24. The molecule has 0 saturated heterocycles. The molecule has 1 amide bonds. The van der Waals surface area contributed by atoms with E-state index in [0.29, 0.717) is 6.42 Å². The summed E-state index contributed by atoms with van der Waals surface area (Å²) >= 11 is 0. The summed E-state index contributed by atoms with van der Waals surface area (Å²) in [4.78, 5) is 14.3. The first-order chi connectivity index (χ1) is 11.5. The van der Waals surface area contributed by atoms with Crippen molar-refractivity contribution in [1.82, 2.24) is 4.90 Å². The number of amides is 1. The van der Waals surface area contributed by atoms with Crippen LogP contribution in [0.4, 0.5) is 0 Å². The highest BCUT2D eigenvalue weighted by atomic mass is 16.3. The van der Waals surface area contributed by atoms with E-state index in [9.17, 15) is 9.90 Å². The molecule has 2 aromatic carbocycles. The number of hydrogen-bond acceptors (Lipinski definition) is 2. The van der Waals surface area contributed by atoms with Gasteiger partial charge >= 0.3 is 0 Å². The van der Waals surface area contributed by atoms with E-state index in [-0.39, 0.29) is 17.9 Å². The molecule has 2 rings (SSSR count). The number of aliphatic hydroxyl groups is 1. The maximum Gasteiger partial charge on any atom is 0.223 e. The van der Waals surface area contributed by atoms with Gasteiger partial charge in [0, 0.05) is 19.4 Å². The van der Waals surface area contributed by atoms with E-state index < -0.39 is 6.10 Å². The number of benzene rings is 2. The van der Waals surface area contributed by atoms with Crippen molar-refractivity contribution in [3.05, 3.63) is 84.4 Å². The topological polar surface area (TPSA) is 40.5 Å². The van der Waals surface area contributed by atoms with Gasteiger partial charge in [-0.25, -0.2) is 0 Å². The minimum atomic E-state index is -0.709. The monoisotopic (exact) mass is 323 g/mol. The second-order valence-corrected chi connectivity index (χ2v) is 6.06. The largest absolute Gasteiger partial charge is 0.386 e. The molecule has 24 heavy (non-hydrogen) atoms. The molecule has 0 fully saturated rings. The van der Waals surface area contributed by atoms with Gasteiger partial charge in [0.05, 0.1) is 12.1 Å². The normalized spacial score (nSPS) is 14.5. The van der Waals surface area contributed by atoms with Crippen LogP contribution in [-0.4, -0.2) is 29.0 Å². The highest BCUT2D eigenvalue weighted by Gasteiger charge is 2.25. The van der Waals surface area contributed by atoms with Crippen molar-refractivity contribution in [2.45, 2.75) is 31.4 Å². The van der Waals surface area contributed by atoms with Crippen molar-refractivity contribution >= 4 is 5.91 Å². The molecule has 0 unspecified atom stereocenters. The summed E-state index contributed by atoms with van der Waals surface area (Å²) in [6, 6.07) is 19.0. The number of rotatable bonds is 7. The summed E-state index contributed by atoms with van der Waals surface area (Å²) in [6.07, 6.45) is 1.44. The van der Waals surface area contributed by atoms with Gasteiger partial charge in [-0.2, -0.15) is 0 Å². The third-order valence-corrected chi connectivity index (χ3v) is 4.51. The molecule has 2 aromatic rings. The highest BCUT2D eigenvalue weighted by molar-refractivity contribution is 5.77. The Bertz CT molecular complexity index is 654. The first-order valence-electron chi connectivity index (χ1n) is 8.20. The minimum Gasteiger partial charge on any atom is -0.386 e. The summed E-state index contributed by atoms with van der Waals surface area (Å²) < 4.78 is 0. The van der Waals surface area contributed by atoms with Crippen LogP contribution in [0, 0.1) is 0 Å². The van der Waals surface area contributed by atoms with Gasteiger partial charge in [-0.05, 0) is 18.1 Å². The molecule has 0 spiro atoms. The fraction of sp³-hybridized carbons (Fsp3) is 0.286. The number of aliphatic hydroxyl groups excluding tert-OH is 1. The van der Waals surface area contributed by atoms with Crippen LogP contribution in [0.15, 0.2) is 73.3 Å². The molecule has 0 radical (unpaired) electrons. The van der Waals surface area contributed by atoms with Gasteiger partial charge < -0.3 is 10.0 Å². The number of carbonyl (C=O) groups is 1. The Balaban J connectivity index is 2.04. The lowest BCUT2D eigenvalue weighted by Crippen LogP contribution is -2.39. The average molecular weight is 323 g/mol. The van der Waals surface area contributed by atoms with Crippen molar-refractivity contribution in [2.24, 2.45) is 0 Å². The van der Waals surface area contributed by atoms with Crippen LogP contribution in [0.2, 0.25) is 0 Å². The summed E-state index contributed by atoms with van der Waals surface area (Å²) in [5, 5.41) is 10.5. The maximum absolute atomic E-state index is 12.6. The van der Waals surface area contributed by atoms with E-state index in [1.165, 1.54) is 0 Å². The number of carbonyl (C=O) groups excluding carboxylic acids is 1. The standard InChI is InChI=1S/C21H25NO2/c1-4-17(18-11-7-5-8-12-18)15-20(23)22(3)16(2)21(24)19-13-9-6-10-14-19/h4-14,16-17,21,24H,1,15H2,2-3H3/t16-,17+,21+/m0/s1. The first-order valence-corrected chi connectivity index (χ1v) is 8.20. The Labute approximate surface area is 144 Å². The lowest BCUT2D eigenvalue weighted by molar-refractivity contribution is -0.134. The van der Waals surface area contributed by atoms with Crippen LogP contribution >= 0.6 is 0 Å². The molecule has 0 aromatic heterocycles. The molecule has 0 aliphatic heterocycles. The molecule has 0 saturated carbocycles. The molecule has 126 valence electrons. The minimum absolute atomic E-state index is 0.00812. The number of allylic oxidation sites excluding steroid dienone is 1. The van der Waals surface area contributed by atoms with Crippen LogP contribution in [-0.2, 0) is 4.79 Å². The number of nitrogens with zero attached hydrogens (tertiary/aromatic N) is 1. The van der Waals surface area contributed by atoms with Crippen LogP contribution in [0.1, 0.15) is 36.5 Å². The van der Waals surface area contributed by atoms with Crippen LogP contribution in [0.25, 0.3) is 0 Å². The third-order valence-electron chi connectivity index (χ3n) is 4.51. The second kappa shape index (κ2) is 8.46. The fourth-order valence-electron chi connectivity index (χ4n) is 2.74. The van der Waals surface area contributed by atoms with Crippen LogP contribution < -0.4 is 0 Å². The van der Waals surface area contributed by atoms with E-state index in [1.54, 1.807) is 18.0 Å². The maximum atomic E-state index is 12.6. The van der Waals surface area contributed by atoms with Crippen LogP contribution in [0.3, 0.4) is 0 Å². The molecular weight excluding hydrogens is 298 g/mol. The molecular formula is C21H25NO2. The number of hydrogen-bond donors (Lipinski definition) is 1. The third kappa shape index (κ3) is 4.33. The predicted molar refractivity (Wildman–Crippen MR) is 97.6 cm³/mol. The van der Waals surface area contributed by atoms with E-state index in [0.717, 1.165) is 11.1 Å². The van der Waals surface area contributed by atoms with Crippen LogP contribution in [0.5, 0.6) is 0 Å². The van der Waals surface area contributed by atoms with Gasteiger partial charge in [-0.1, -0.05) is 66.7 Å². The molecule has 0 aliphatic carbocycles. The predicted octanol–water partition coefficient (Wildman–Crippen LogP) is 3.93. The molecule has 3 heteroatoms. The smallest absolute Gasteiger partial charge is 0.223 e. The van der Waals surface area contributed by atoms with Gasteiger partial charge in [0.1, 0.15) is 0 Å². The lowest BCUT2D eigenvalue weighted by atomic mass is 9.94. The molecule has 0 bridgehead atoms. The van der Waals surface area contributed by atoms with Crippen molar-refractivity contribution in [1.29, 1.82) is 0 Å². The van der Waals surface area contributed by atoms with E-state index in [2.05, 4.69) is 6.58 Å². The lowest BCUT2D eigenvalue weighted by Gasteiger charge is -2.30. The quantitative estimate of drug-likeness (QED) is 0.784. The zero-order valence-electron chi connectivity index (χ0n) is 14.3. The van der Waals surface area contributed by atoms with Crippen molar-refractivity contribution < 1.29 is 9.90 Å². The molecule has 0 aliphatic rings. The average Bonchev–Trinajstić information content (AvgIpc) is 2.65. The Morgan fingerprint density at radius 3 is 2.08 bits per heavy atom. The number of likely N-dealkylation sites (N-methyl/N-ethyl adjacent to an activating group) is 1. The zero-order chi connectivity index (χ0) is 17.5. The summed E-state index contributed by atoms with van der Waals surface area (Å²) in [5.74, 6) is -0.0338. The van der Waals surface area contributed by atoms with Gasteiger partial charge in [0.25, 0.3) is 0 Å². The summed E-state index contributed by atoms with van der Waals surface area (Å²) in [7, 11) is 1.74. The van der Waals surface area contributed by atoms with Crippen molar-refractivity contribution in [2.75, 3.05) is 7.05 Å². The summed E-state index contributed by atoms with van der Waals surface area (Å²) in [6.45, 7) is 5.72. The molecule has 1 N–H and O–H groups in total. The van der Waals surface area contributed by atoms with Gasteiger partial charge in [0.15, 0.2) is 0 Å². The molecule has 3 nitrogen and oxygen atoms in total. The Hall–Kier alpha value is -2.39. The zero-order valence-corrected chi connectivity index (χ0v) is 14.3. The Morgan fingerprint density at radius 1 is 1.08 bits per heavy atom. The SMILES string of the molecule is C=C[C@H](CC(=O)N(C)[C@@H](C)[C@@H](O)c1ccccc1)c1ccccc1. The van der Waals surface area contributed by atoms with E-state index in [4.69, 9.17) is 0 Å². The second-order valence-electron chi connectivity index (χ2n) is 6.06. The molecule has 3 atom stereocenters. The van der Waals surface area contributed by atoms with Gasteiger partial charge in [-0.15, -0.1) is 6.58 Å². The summed E-state index contributed by atoms with van der Waals surface area (Å²) in [5.41, 5.74) is 1.89.